The van der Waals surface area contributed by atoms with Crippen molar-refractivity contribution in [3.05, 3.63) is 103 Å². The molecule has 0 N–H and O–H groups in total. The van der Waals surface area contributed by atoms with Crippen LogP contribution in [0.15, 0.2) is 106 Å². The molecule has 35 heavy (non-hydrogen) atoms. The van der Waals surface area contributed by atoms with Gasteiger partial charge in [0.05, 0.1) is 16.4 Å². The average molecular weight is 507 g/mol. The van der Waals surface area contributed by atoms with Gasteiger partial charge in [0, 0.05) is 11.0 Å². The average Bonchev–Trinajstić information content (AvgIpc) is 2.90. The van der Waals surface area contributed by atoms with E-state index in [0.717, 1.165) is 42.6 Å². The second kappa shape index (κ2) is 13.7. The van der Waals surface area contributed by atoms with E-state index in [1.807, 2.05) is 36.0 Å². The standard InChI is InChI=1S/C29H30O4S2/c1-2-29(30)33-22-8-3-4-9-23-34-26-18-14-24(15-19-26)12-13-25-16-20-28(21-17-25)35(31,32)27-10-6-5-7-11-27/h2,5-7,10-21H,1,3-4,8-9,22-23H2. The van der Waals surface area contributed by atoms with E-state index >= 15 is 0 Å². The van der Waals surface area contributed by atoms with Crippen LogP contribution in [0.25, 0.3) is 12.2 Å². The molecule has 3 rings (SSSR count). The Hall–Kier alpha value is -3.09. The van der Waals surface area contributed by atoms with E-state index < -0.39 is 9.84 Å². The Kier molecular flexibility index (Phi) is 10.4. The molecule has 6 heteroatoms. The Morgan fingerprint density at radius 3 is 1.97 bits per heavy atom. The van der Waals surface area contributed by atoms with Crippen molar-refractivity contribution in [3.8, 4) is 0 Å². The fourth-order valence-electron chi connectivity index (χ4n) is 3.34. The van der Waals surface area contributed by atoms with E-state index in [1.165, 1.54) is 11.0 Å². The molecular formula is C29H30O4S2. The summed E-state index contributed by atoms with van der Waals surface area (Å²) in [4.78, 5) is 12.8. The SMILES string of the molecule is C=CC(=O)OCCCCCCSc1ccc(C=Cc2ccc(S(=O)(=O)c3ccccc3)cc2)cc1. The van der Waals surface area contributed by atoms with Gasteiger partial charge in [-0.05, 0) is 66.1 Å². The highest BCUT2D eigenvalue weighted by Crippen LogP contribution is 2.23. The van der Waals surface area contributed by atoms with Crippen molar-refractivity contribution in [1.82, 2.24) is 0 Å². The first kappa shape index (κ1) is 26.5. The Balaban J connectivity index is 1.42. The zero-order chi connectivity index (χ0) is 24.9. The molecule has 0 saturated heterocycles. The lowest BCUT2D eigenvalue weighted by atomic mass is 10.1. The van der Waals surface area contributed by atoms with Gasteiger partial charge in [-0.15, -0.1) is 11.8 Å². The van der Waals surface area contributed by atoms with E-state index in [4.69, 9.17) is 4.74 Å². The lowest BCUT2D eigenvalue weighted by Gasteiger charge is -2.05. The van der Waals surface area contributed by atoms with Crippen LogP contribution in [0.5, 0.6) is 0 Å². The van der Waals surface area contributed by atoms with E-state index in [-0.39, 0.29) is 5.97 Å². The van der Waals surface area contributed by atoms with Gasteiger partial charge in [0.15, 0.2) is 0 Å². The molecular weight excluding hydrogens is 476 g/mol. The van der Waals surface area contributed by atoms with E-state index in [9.17, 15) is 13.2 Å². The van der Waals surface area contributed by atoms with Crippen molar-refractivity contribution in [2.24, 2.45) is 0 Å². The van der Waals surface area contributed by atoms with Gasteiger partial charge in [-0.2, -0.15) is 0 Å². The summed E-state index contributed by atoms with van der Waals surface area (Å²) in [5.74, 6) is 0.700. The van der Waals surface area contributed by atoms with Crippen LogP contribution in [0.3, 0.4) is 0 Å². The first-order valence-corrected chi connectivity index (χ1v) is 14.1. The monoisotopic (exact) mass is 506 g/mol. The third-order valence-electron chi connectivity index (χ3n) is 5.31. The molecule has 182 valence electrons. The maximum Gasteiger partial charge on any atom is 0.330 e. The van der Waals surface area contributed by atoms with Gasteiger partial charge in [0.25, 0.3) is 0 Å². The Bertz CT molecular complexity index is 1210. The summed E-state index contributed by atoms with van der Waals surface area (Å²) in [5, 5.41) is 0. The smallest absolute Gasteiger partial charge is 0.330 e. The van der Waals surface area contributed by atoms with E-state index in [0.29, 0.717) is 16.4 Å². The minimum absolute atomic E-state index is 0.290. The molecule has 0 bridgehead atoms. The number of hydrogen-bond donors (Lipinski definition) is 0. The molecule has 0 amide bonds. The summed E-state index contributed by atoms with van der Waals surface area (Å²) in [6, 6.07) is 23.8. The van der Waals surface area contributed by atoms with Crippen LogP contribution in [0.4, 0.5) is 0 Å². The molecule has 0 aliphatic rings. The van der Waals surface area contributed by atoms with Crippen LogP contribution >= 0.6 is 11.8 Å². The fraction of sp³-hybridized carbons (Fsp3) is 0.207. The number of benzene rings is 3. The molecule has 0 aliphatic carbocycles. The predicted octanol–water partition coefficient (Wildman–Crippen LogP) is 7.07. The van der Waals surface area contributed by atoms with Gasteiger partial charge in [0.1, 0.15) is 0 Å². The number of unbranched alkanes of at least 4 members (excludes halogenated alkanes) is 3. The van der Waals surface area contributed by atoms with Crippen LogP contribution in [-0.2, 0) is 19.4 Å². The summed E-state index contributed by atoms with van der Waals surface area (Å²) in [7, 11) is -3.50. The van der Waals surface area contributed by atoms with Crippen molar-refractivity contribution in [2.45, 2.75) is 40.4 Å². The van der Waals surface area contributed by atoms with Crippen LogP contribution in [0.2, 0.25) is 0 Å². The van der Waals surface area contributed by atoms with E-state index in [2.05, 4.69) is 30.8 Å². The number of esters is 1. The number of hydrogen-bond acceptors (Lipinski definition) is 5. The highest BCUT2D eigenvalue weighted by molar-refractivity contribution is 7.99. The van der Waals surface area contributed by atoms with Gasteiger partial charge in [-0.25, -0.2) is 13.2 Å². The topological polar surface area (TPSA) is 60.4 Å². The Morgan fingerprint density at radius 1 is 0.771 bits per heavy atom. The fourth-order valence-corrected chi connectivity index (χ4v) is 5.54. The Morgan fingerprint density at radius 2 is 1.34 bits per heavy atom. The molecule has 0 atom stereocenters. The maximum absolute atomic E-state index is 12.7. The number of rotatable bonds is 13. The molecule has 0 heterocycles. The Labute approximate surface area is 212 Å². The van der Waals surface area contributed by atoms with Gasteiger partial charge >= 0.3 is 5.97 Å². The van der Waals surface area contributed by atoms with Gasteiger partial charge in [0.2, 0.25) is 9.84 Å². The largest absolute Gasteiger partial charge is 0.463 e. The molecule has 0 spiro atoms. The molecule has 0 saturated carbocycles. The summed E-state index contributed by atoms with van der Waals surface area (Å²) in [5.41, 5.74) is 2.03. The second-order valence-electron chi connectivity index (χ2n) is 7.92. The summed E-state index contributed by atoms with van der Waals surface area (Å²) < 4.78 is 30.4. The molecule has 0 unspecified atom stereocenters. The lowest BCUT2D eigenvalue weighted by Crippen LogP contribution is -2.01. The lowest BCUT2D eigenvalue weighted by molar-refractivity contribution is -0.137. The third-order valence-corrected chi connectivity index (χ3v) is 8.19. The minimum Gasteiger partial charge on any atom is -0.463 e. The van der Waals surface area contributed by atoms with Crippen LogP contribution in [-0.4, -0.2) is 26.7 Å². The first-order valence-electron chi connectivity index (χ1n) is 11.6. The van der Waals surface area contributed by atoms with Crippen molar-refractivity contribution < 1.29 is 17.9 Å². The van der Waals surface area contributed by atoms with Crippen molar-refractivity contribution in [2.75, 3.05) is 12.4 Å². The minimum atomic E-state index is -3.50. The highest BCUT2D eigenvalue weighted by Gasteiger charge is 2.16. The normalized spacial score (nSPS) is 11.4. The third kappa shape index (κ3) is 8.57. The second-order valence-corrected chi connectivity index (χ2v) is 11.0. The van der Waals surface area contributed by atoms with E-state index in [1.54, 1.807) is 42.5 Å². The molecule has 3 aromatic rings. The zero-order valence-electron chi connectivity index (χ0n) is 19.6. The molecule has 0 aromatic heterocycles. The molecule has 0 aliphatic heterocycles. The maximum atomic E-state index is 12.7. The number of carbonyl (C=O) groups is 1. The molecule has 0 radical (unpaired) electrons. The number of carbonyl (C=O) groups excluding carboxylic acids is 1. The van der Waals surface area contributed by atoms with Crippen LogP contribution in [0.1, 0.15) is 36.8 Å². The quantitative estimate of drug-likeness (QED) is 0.0816. The molecule has 4 nitrogen and oxygen atoms in total. The number of thioether (sulfide) groups is 1. The highest BCUT2D eigenvalue weighted by atomic mass is 32.2. The summed E-state index contributed by atoms with van der Waals surface area (Å²) >= 11 is 1.84. The number of ether oxygens (including phenoxy) is 1. The van der Waals surface area contributed by atoms with Gasteiger partial charge in [-0.1, -0.05) is 74.0 Å². The van der Waals surface area contributed by atoms with Crippen LogP contribution < -0.4 is 0 Å². The first-order chi connectivity index (χ1) is 17.0. The van der Waals surface area contributed by atoms with Crippen molar-refractivity contribution in [1.29, 1.82) is 0 Å². The van der Waals surface area contributed by atoms with Crippen molar-refractivity contribution in [3.63, 3.8) is 0 Å². The molecule has 3 aromatic carbocycles. The number of sulfone groups is 1. The van der Waals surface area contributed by atoms with Gasteiger partial charge in [-0.3, -0.25) is 0 Å². The zero-order valence-corrected chi connectivity index (χ0v) is 21.3. The molecule has 0 fully saturated rings. The summed E-state index contributed by atoms with van der Waals surface area (Å²) in [6.45, 7) is 3.84. The summed E-state index contributed by atoms with van der Waals surface area (Å²) in [6.07, 6.45) is 9.37. The van der Waals surface area contributed by atoms with Crippen molar-refractivity contribution >= 4 is 39.7 Å². The van der Waals surface area contributed by atoms with Gasteiger partial charge < -0.3 is 4.74 Å². The van der Waals surface area contributed by atoms with Crippen LogP contribution in [0, 0.1) is 0 Å². The predicted molar refractivity (Wildman–Crippen MR) is 144 cm³/mol.